The van der Waals surface area contributed by atoms with Crippen LogP contribution >= 0.6 is 0 Å². The quantitative estimate of drug-likeness (QED) is 0.520. The van der Waals surface area contributed by atoms with E-state index in [0.717, 1.165) is 48.3 Å². The number of unbranched alkanes of at least 4 members (excludes halogenated alkanes) is 2. The molecule has 0 bridgehead atoms. The van der Waals surface area contributed by atoms with E-state index < -0.39 is 6.04 Å². The van der Waals surface area contributed by atoms with E-state index in [0.29, 0.717) is 24.2 Å². The number of nitrogens with one attached hydrogen (secondary N) is 1. The first-order valence-corrected chi connectivity index (χ1v) is 11.9. The molecule has 1 aliphatic heterocycles. The molecule has 5 heteroatoms. The minimum atomic E-state index is -0.496. The maximum atomic E-state index is 13.8. The molecule has 2 aromatic carbocycles. The number of hydrogen-bond donors (Lipinski definition) is 1. The summed E-state index contributed by atoms with van der Waals surface area (Å²) in [4.78, 5) is 29.3. The number of carbonyl (C=O) groups is 2. The van der Waals surface area contributed by atoms with Crippen LogP contribution in [0.15, 0.2) is 59.8 Å². The van der Waals surface area contributed by atoms with Gasteiger partial charge in [-0.05, 0) is 48.1 Å². The second kappa shape index (κ2) is 9.42. The lowest BCUT2D eigenvalue weighted by molar-refractivity contribution is -0.119. The van der Waals surface area contributed by atoms with Crippen LogP contribution in [0, 0.1) is 5.41 Å². The first-order valence-electron chi connectivity index (χ1n) is 11.9. The van der Waals surface area contributed by atoms with Gasteiger partial charge in [0.1, 0.15) is 5.75 Å². The summed E-state index contributed by atoms with van der Waals surface area (Å²) in [5, 5.41) is 3.56. The van der Waals surface area contributed by atoms with Crippen LogP contribution in [-0.4, -0.2) is 18.8 Å². The van der Waals surface area contributed by atoms with E-state index in [-0.39, 0.29) is 17.1 Å². The monoisotopic (exact) mass is 446 g/mol. The Bertz CT molecular complexity index is 1090. The van der Waals surface area contributed by atoms with Crippen molar-refractivity contribution in [3.8, 4) is 5.75 Å². The van der Waals surface area contributed by atoms with Crippen LogP contribution in [0.2, 0.25) is 0 Å². The number of anilines is 2. The molecule has 0 aromatic heterocycles. The van der Waals surface area contributed by atoms with Crippen LogP contribution in [-0.2, 0) is 9.59 Å². The second-order valence-corrected chi connectivity index (χ2v) is 9.88. The number of nitrogens with zero attached hydrogens (tertiary/aromatic N) is 1. The van der Waals surface area contributed by atoms with Gasteiger partial charge in [0.15, 0.2) is 5.78 Å². The zero-order chi connectivity index (χ0) is 23.6. The van der Waals surface area contributed by atoms with Crippen LogP contribution in [0.4, 0.5) is 11.4 Å². The Kier molecular flexibility index (Phi) is 6.59. The predicted molar refractivity (Wildman–Crippen MR) is 132 cm³/mol. The summed E-state index contributed by atoms with van der Waals surface area (Å²) in [6, 6.07) is 15.1. The topological polar surface area (TPSA) is 58.6 Å². The average Bonchev–Trinajstić information content (AvgIpc) is 2.92. The van der Waals surface area contributed by atoms with Gasteiger partial charge in [-0.25, -0.2) is 0 Å². The molecule has 0 radical (unpaired) electrons. The Morgan fingerprint density at radius 1 is 1.12 bits per heavy atom. The Hall–Kier alpha value is -3.08. The third-order valence-corrected chi connectivity index (χ3v) is 6.57. The normalized spacial score (nSPS) is 19.3. The molecule has 1 aliphatic carbocycles. The van der Waals surface area contributed by atoms with Crippen LogP contribution in [0.25, 0.3) is 0 Å². The van der Waals surface area contributed by atoms with Gasteiger partial charge in [-0.1, -0.05) is 57.9 Å². The summed E-state index contributed by atoms with van der Waals surface area (Å²) in [5.41, 5.74) is 4.04. The highest BCUT2D eigenvalue weighted by molar-refractivity contribution is 6.06. The predicted octanol–water partition coefficient (Wildman–Crippen LogP) is 6.42. The van der Waals surface area contributed by atoms with E-state index in [2.05, 4.69) is 26.1 Å². The first kappa shape index (κ1) is 23.1. The molecule has 0 saturated carbocycles. The van der Waals surface area contributed by atoms with Gasteiger partial charge in [0.05, 0.1) is 24.5 Å². The molecule has 0 unspecified atom stereocenters. The molecular weight excluding hydrogens is 412 g/mol. The molecule has 33 heavy (non-hydrogen) atoms. The van der Waals surface area contributed by atoms with E-state index in [9.17, 15) is 9.59 Å². The highest BCUT2D eigenvalue weighted by Crippen LogP contribution is 2.48. The number of ketones is 1. The third kappa shape index (κ3) is 4.68. The van der Waals surface area contributed by atoms with Gasteiger partial charge in [0.2, 0.25) is 5.91 Å². The molecule has 1 atom stereocenters. The van der Waals surface area contributed by atoms with Crippen molar-refractivity contribution in [3.05, 3.63) is 65.4 Å². The Labute approximate surface area is 196 Å². The average molecular weight is 447 g/mol. The Morgan fingerprint density at radius 2 is 1.91 bits per heavy atom. The summed E-state index contributed by atoms with van der Waals surface area (Å²) < 4.78 is 5.50. The fourth-order valence-corrected chi connectivity index (χ4v) is 5.04. The van der Waals surface area contributed by atoms with Gasteiger partial charge in [-0.15, -0.1) is 0 Å². The van der Waals surface area contributed by atoms with E-state index in [4.69, 9.17) is 4.74 Å². The molecule has 1 N–H and O–H groups in total. The number of amides is 1. The van der Waals surface area contributed by atoms with Gasteiger partial charge >= 0.3 is 0 Å². The lowest BCUT2D eigenvalue weighted by Crippen LogP contribution is -2.39. The molecular formula is C28H34N2O3. The minimum Gasteiger partial charge on any atom is -0.497 e. The highest BCUT2D eigenvalue weighted by atomic mass is 16.5. The molecule has 1 heterocycles. The van der Waals surface area contributed by atoms with Crippen molar-refractivity contribution < 1.29 is 14.3 Å². The lowest BCUT2D eigenvalue weighted by atomic mass is 9.73. The van der Waals surface area contributed by atoms with Crippen LogP contribution in [0.3, 0.4) is 0 Å². The van der Waals surface area contributed by atoms with Crippen molar-refractivity contribution in [2.75, 3.05) is 17.3 Å². The van der Waals surface area contributed by atoms with E-state index in [1.807, 2.05) is 53.4 Å². The number of ether oxygens (including phenoxy) is 1. The van der Waals surface area contributed by atoms with Gasteiger partial charge in [0, 0.05) is 24.1 Å². The fraction of sp³-hybridized carbons (Fsp3) is 0.429. The van der Waals surface area contributed by atoms with Crippen molar-refractivity contribution in [1.82, 2.24) is 0 Å². The van der Waals surface area contributed by atoms with Crippen molar-refractivity contribution in [3.63, 3.8) is 0 Å². The number of para-hydroxylation sites is 2. The molecule has 0 fully saturated rings. The lowest BCUT2D eigenvalue weighted by Gasteiger charge is -2.37. The molecule has 5 nitrogen and oxygen atoms in total. The summed E-state index contributed by atoms with van der Waals surface area (Å²) in [6.07, 6.45) is 4.55. The van der Waals surface area contributed by atoms with Gasteiger partial charge < -0.3 is 10.1 Å². The summed E-state index contributed by atoms with van der Waals surface area (Å²) in [7, 11) is 1.63. The minimum absolute atomic E-state index is 0.0388. The van der Waals surface area contributed by atoms with Gasteiger partial charge in [0.25, 0.3) is 0 Å². The summed E-state index contributed by atoms with van der Waals surface area (Å²) in [5.74, 6) is 0.847. The number of fused-ring (bicyclic) bond motifs is 1. The molecule has 2 aliphatic rings. The third-order valence-electron chi connectivity index (χ3n) is 6.57. The van der Waals surface area contributed by atoms with Crippen LogP contribution in [0.1, 0.15) is 70.9 Å². The number of carbonyl (C=O) groups excluding carboxylic acids is 2. The number of methoxy groups -OCH3 is 1. The standard InChI is InChI=1S/C28H34N2O3/c1-5-6-7-15-25(32)30-23-14-9-8-13-21(23)29-22-17-28(2,3)18-24(31)26(22)27(30)19-11-10-12-20(16-19)33-4/h8-14,16,27,29H,5-7,15,17-18H2,1-4H3/t27-/m0/s1. The van der Waals surface area contributed by atoms with Crippen molar-refractivity contribution in [2.24, 2.45) is 5.41 Å². The summed E-state index contributed by atoms with van der Waals surface area (Å²) in [6.45, 7) is 6.39. The second-order valence-electron chi connectivity index (χ2n) is 9.88. The number of benzene rings is 2. The first-order chi connectivity index (χ1) is 15.8. The Balaban J connectivity index is 1.93. The SMILES string of the molecule is CCCCCC(=O)N1c2ccccc2NC2=C(C(=O)CC(C)(C)C2)[C@@H]1c1cccc(OC)c1. The zero-order valence-corrected chi connectivity index (χ0v) is 20.1. The summed E-state index contributed by atoms with van der Waals surface area (Å²) >= 11 is 0. The fourth-order valence-electron chi connectivity index (χ4n) is 5.04. The van der Waals surface area contributed by atoms with Gasteiger partial charge in [-0.2, -0.15) is 0 Å². The van der Waals surface area contributed by atoms with E-state index >= 15 is 0 Å². The van der Waals surface area contributed by atoms with Crippen LogP contribution in [0.5, 0.6) is 5.75 Å². The number of rotatable bonds is 6. The molecule has 174 valence electrons. The zero-order valence-electron chi connectivity index (χ0n) is 20.1. The molecule has 1 amide bonds. The van der Waals surface area contributed by atoms with Crippen molar-refractivity contribution in [2.45, 2.75) is 65.3 Å². The molecule has 2 aromatic rings. The van der Waals surface area contributed by atoms with Gasteiger partial charge in [-0.3, -0.25) is 14.5 Å². The van der Waals surface area contributed by atoms with Crippen LogP contribution < -0.4 is 15.0 Å². The highest BCUT2D eigenvalue weighted by Gasteiger charge is 2.43. The molecule has 0 saturated heterocycles. The van der Waals surface area contributed by atoms with Crippen molar-refractivity contribution in [1.29, 1.82) is 0 Å². The number of allylic oxidation sites excluding steroid dienone is 1. The number of hydrogen-bond acceptors (Lipinski definition) is 4. The molecule has 4 rings (SSSR count). The maximum Gasteiger partial charge on any atom is 0.227 e. The van der Waals surface area contributed by atoms with E-state index in [1.54, 1.807) is 7.11 Å². The largest absolute Gasteiger partial charge is 0.497 e. The smallest absolute Gasteiger partial charge is 0.227 e. The van der Waals surface area contributed by atoms with Crippen molar-refractivity contribution >= 4 is 23.1 Å². The Morgan fingerprint density at radius 3 is 2.67 bits per heavy atom. The molecule has 0 spiro atoms. The van der Waals surface area contributed by atoms with E-state index in [1.165, 1.54) is 0 Å². The maximum absolute atomic E-state index is 13.8. The number of Topliss-reactive ketones (excluding diaryl/α,β-unsaturated/α-hetero) is 1.